The Balaban J connectivity index is 1.61. The number of rotatable bonds is 3. The van der Waals surface area contributed by atoms with Crippen LogP contribution in [0.3, 0.4) is 0 Å². The molecular weight excluding hydrogens is 452 g/mol. The number of aromatic nitrogens is 1. The molecule has 3 unspecified atom stereocenters. The molecule has 8 heteroatoms. The van der Waals surface area contributed by atoms with Gasteiger partial charge in [0.05, 0.1) is 16.5 Å². The summed E-state index contributed by atoms with van der Waals surface area (Å²) < 4.78 is 34.0. The third-order valence-corrected chi connectivity index (χ3v) is 8.61. The summed E-state index contributed by atoms with van der Waals surface area (Å²) >= 11 is 0. The molecule has 2 saturated heterocycles. The van der Waals surface area contributed by atoms with Gasteiger partial charge in [-0.05, 0) is 58.7 Å². The van der Waals surface area contributed by atoms with E-state index >= 15 is 0 Å². The summed E-state index contributed by atoms with van der Waals surface area (Å²) in [4.78, 5) is 14.8. The van der Waals surface area contributed by atoms with Crippen molar-refractivity contribution in [1.82, 2.24) is 8.87 Å². The van der Waals surface area contributed by atoms with Crippen LogP contribution in [-0.4, -0.2) is 46.2 Å². The van der Waals surface area contributed by atoms with Crippen molar-refractivity contribution >= 4 is 27.0 Å². The molecule has 180 valence electrons. The predicted octanol–water partition coefficient (Wildman–Crippen LogP) is 4.55. The molecule has 2 aliphatic heterocycles. The highest BCUT2D eigenvalue weighted by atomic mass is 32.2. The summed E-state index contributed by atoms with van der Waals surface area (Å²) in [6.45, 7) is 7.36. The van der Waals surface area contributed by atoms with Crippen molar-refractivity contribution in [2.75, 3.05) is 0 Å². The lowest BCUT2D eigenvalue weighted by molar-refractivity contribution is -0.0147. The van der Waals surface area contributed by atoms with Crippen LogP contribution in [0.4, 0.5) is 4.79 Å². The minimum Gasteiger partial charge on any atom is -0.444 e. The number of amides is 1. The van der Waals surface area contributed by atoms with Gasteiger partial charge in [0.15, 0.2) is 0 Å². The van der Waals surface area contributed by atoms with Gasteiger partial charge in [-0.25, -0.2) is 17.2 Å². The molecule has 0 radical (unpaired) electrons. The number of para-hydroxylation sites is 1. The number of aryl methyl sites for hydroxylation is 1. The van der Waals surface area contributed by atoms with E-state index < -0.39 is 33.4 Å². The quantitative estimate of drug-likeness (QED) is 0.592. The SMILES string of the molecule is Cc1ccc(S(=O)(=O)n2cc(C3(O)CC4CCC3N4C(=O)OC(C)(C)C)c3ccccc32)cc1. The molecule has 1 amide bonds. The smallest absolute Gasteiger partial charge is 0.410 e. The number of fused-ring (bicyclic) bond motifs is 3. The Labute approximate surface area is 200 Å². The number of aliphatic hydroxyl groups is 1. The van der Waals surface area contributed by atoms with Gasteiger partial charge in [-0.3, -0.25) is 4.90 Å². The highest BCUT2D eigenvalue weighted by molar-refractivity contribution is 7.90. The first-order chi connectivity index (χ1) is 15.9. The summed E-state index contributed by atoms with van der Waals surface area (Å²) in [6, 6.07) is 13.3. The molecule has 7 nitrogen and oxygen atoms in total. The Morgan fingerprint density at radius 3 is 2.44 bits per heavy atom. The fourth-order valence-corrected chi connectivity index (χ4v) is 6.81. The molecular formula is C26H30N2O5S. The first-order valence-corrected chi connectivity index (χ1v) is 13.0. The Hall–Kier alpha value is -2.84. The van der Waals surface area contributed by atoms with Crippen molar-refractivity contribution in [3.05, 3.63) is 65.9 Å². The lowest BCUT2D eigenvalue weighted by atomic mass is 9.79. The molecule has 2 fully saturated rings. The van der Waals surface area contributed by atoms with Crippen LogP contribution >= 0.6 is 0 Å². The van der Waals surface area contributed by atoms with Crippen LogP contribution in [-0.2, 0) is 20.4 Å². The molecule has 5 rings (SSSR count). The molecule has 2 aliphatic rings. The van der Waals surface area contributed by atoms with E-state index in [9.17, 15) is 18.3 Å². The maximum atomic E-state index is 13.6. The van der Waals surface area contributed by atoms with E-state index in [1.165, 1.54) is 10.2 Å². The van der Waals surface area contributed by atoms with Gasteiger partial charge in [-0.1, -0.05) is 35.9 Å². The minimum atomic E-state index is -3.88. The summed E-state index contributed by atoms with van der Waals surface area (Å²) in [5.41, 5.74) is -0.0174. The van der Waals surface area contributed by atoms with Gasteiger partial charge in [0.25, 0.3) is 10.0 Å². The van der Waals surface area contributed by atoms with Gasteiger partial charge in [-0.15, -0.1) is 0 Å². The fraction of sp³-hybridized carbons (Fsp3) is 0.423. The van der Waals surface area contributed by atoms with Crippen LogP contribution in [0, 0.1) is 6.92 Å². The zero-order valence-electron chi connectivity index (χ0n) is 19.9. The molecule has 0 saturated carbocycles. The molecule has 2 bridgehead atoms. The maximum Gasteiger partial charge on any atom is 0.410 e. The van der Waals surface area contributed by atoms with Crippen molar-refractivity contribution in [3.8, 4) is 0 Å². The van der Waals surface area contributed by atoms with Crippen LogP contribution in [0.5, 0.6) is 0 Å². The zero-order valence-corrected chi connectivity index (χ0v) is 20.7. The Kier molecular flexibility index (Phi) is 5.11. The van der Waals surface area contributed by atoms with E-state index in [1.54, 1.807) is 41.3 Å². The largest absolute Gasteiger partial charge is 0.444 e. The van der Waals surface area contributed by atoms with E-state index in [0.29, 0.717) is 29.3 Å². The summed E-state index contributed by atoms with van der Waals surface area (Å²) in [5.74, 6) is 0. The second kappa shape index (κ2) is 7.58. The molecule has 3 heterocycles. The average molecular weight is 483 g/mol. The first-order valence-electron chi connectivity index (χ1n) is 11.6. The van der Waals surface area contributed by atoms with Crippen molar-refractivity contribution < 1.29 is 23.1 Å². The van der Waals surface area contributed by atoms with E-state index in [1.807, 2.05) is 39.8 Å². The molecule has 1 N–H and O–H groups in total. The van der Waals surface area contributed by atoms with E-state index in [-0.39, 0.29) is 10.9 Å². The first kappa shape index (κ1) is 22.9. The Morgan fingerprint density at radius 2 is 1.76 bits per heavy atom. The molecule has 34 heavy (non-hydrogen) atoms. The number of benzene rings is 2. The van der Waals surface area contributed by atoms with Crippen molar-refractivity contribution in [1.29, 1.82) is 0 Å². The van der Waals surface area contributed by atoms with Gasteiger partial charge in [0, 0.05) is 29.6 Å². The third-order valence-electron chi connectivity index (χ3n) is 6.93. The van der Waals surface area contributed by atoms with Gasteiger partial charge >= 0.3 is 6.09 Å². The second-order valence-corrected chi connectivity index (χ2v) is 12.3. The van der Waals surface area contributed by atoms with E-state index in [2.05, 4.69) is 0 Å². The van der Waals surface area contributed by atoms with Crippen LogP contribution in [0.25, 0.3) is 10.9 Å². The van der Waals surface area contributed by atoms with Gasteiger partial charge in [-0.2, -0.15) is 0 Å². The van der Waals surface area contributed by atoms with Crippen LogP contribution < -0.4 is 0 Å². The van der Waals surface area contributed by atoms with Crippen LogP contribution in [0.2, 0.25) is 0 Å². The van der Waals surface area contributed by atoms with Gasteiger partial charge in [0.1, 0.15) is 11.2 Å². The zero-order chi connectivity index (χ0) is 24.5. The van der Waals surface area contributed by atoms with E-state index in [0.717, 1.165) is 12.0 Å². The molecule has 3 atom stereocenters. The maximum absolute atomic E-state index is 13.6. The van der Waals surface area contributed by atoms with Crippen LogP contribution in [0.15, 0.2) is 59.6 Å². The summed E-state index contributed by atoms with van der Waals surface area (Å²) in [7, 11) is -3.88. The lowest BCUT2D eigenvalue weighted by Gasteiger charge is -2.33. The van der Waals surface area contributed by atoms with Gasteiger partial charge < -0.3 is 9.84 Å². The molecule has 2 aromatic carbocycles. The topological polar surface area (TPSA) is 88.8 Å². The van der Waals surface area contributed by atoms with Crippen molar-refractivity contribution in [2.45, 2.75) is 75.1 Å². The number of hydrogen-bond donors (Lipinski definition) is 1. The molecule has 1 aromatic heterocycles. The monoisotopic (exact) mass is 482 g/mol. The number of nitrogens with zero attached hydrogens (tertiary/aromatic N) is 2. The highest BCUT2D eigenvalue weighted by Gasteiger charge is 2.59. The standard InChI is InChI=1S/C26H30N2O5S/c1-17-9-12-19(13-10-17)34(31,32)27-16-21(20-7-5-6-8-22(20)27)26(30)15-18-11-14-23(26)28(18)24(29)33-25(2,3)4/h5-10,12-13,16,18,23,30H,11,14-15H2,1-4H3. The number of ether oxygens (including phenoxy) is 1. The highest BCUT2D eigenvalue weighted by Crippen LogP contribution is 2.52. The predicted molar refractivity (Wildman–Crippen MR) is 129 cm³/mol. The summed E-state index contributed by atoms with van der Waals surface area (Å²) in [6.07, 6.45) is 2.85. The molecule has 0 aliphatic carbocycles. The van der Waals surface area contributed by atoms with Crippen molar-refractivity contribution in [3.63, 3.8) is 0 Å². The lowest BCUT2D eigenvalue weighted by Crippen LogP contribution is -2.45. The van der Waals surface area contributed by atoms with E-state index in [4.69, 9.17) is 4.74 Å². The average Bonchev–Trinajstić information content (AvgIpc) is 3.42. The normalized spacial score (nSPS) is 24.7. The third kappa shape index (κ3) is 3.51. The number of carbonyl (C=O) groups is 1. The Morgan fingerprint density at radius 1 is 1.09 bits per heavy atom. The fourth-order valence-electron chi connectivity index (χ4n) is 5.45. The van der Waals surface area contributed by atoms with Crippen LogP contribution in [0.1, 0.15) is 51.2 Å². The molecule has 3 aromatic rings. The number of carbonyl (C=O) groups excluding carboxylic acids is 1. The Bertz CT molecular complexity index is 1370. The second-order valence-electron chi connectivity index (χ2n) is 10.4. The summed E-state index contributed by atoms with van der Waals surface area (Å²) in [5, 5.41) is 12.7. The minimum absolute atomic E-state index is 0.152. The molecule has 0 spiro atoms. The van der Waals surface area contributed by atoms with Crippen molar-refractivity contribution in [2.24, 2.45) is 0 Å². The number of hydrogen-bond acceptors (Lipinski definition) is 5. The van der Waals surface area contributed by atoms with Gasteiger partial charge in [0.2, 0.25) is 0 Å².